The van der Waals surface area contributed by atoms with Gasteiger partial charge in [0, 0.05) is 75.0 Å². The number of allylic oxidation sites excluding steroid dienone is 1. The molecule has 2 saturated heterocycles. The zero-order valence-electron chi connectivity index (χ0n) is 34.4. The number of rotatable bonds is 7. The van der Waals surface area contributed by atoms with Crippen LogP contribution in [0.2, 0.25) is 5.02 Å². The number of morpholine rings is 1. The summed E-state index contributed by atoms with van der Waals surface area (Å²) in [6.45, 7) is 9.14. The summed E-state index contributed by atoms with van der Waals surface area (Å²) in [5.41, 5.74) is 2.42. The fourth-order valence-electron chi connectivity index (χ4n) is 10.8. The van der Waals surface area contributed by atoms with Gasteiger partial charge in [-0.25, -0.2) is 13.1 Å². The molecule has 1 spiro atoms. The van der Waals surface area contributed by atoms with E-state index in [0.29, 0.717) is 56.1 Å². The zero-order valence-corrected chi connectivity index (χ0v) is 36.8. The van der Waals surface area contributed by atoms with Crippen molar-refractivity contribution in [1.29, 1.82) is 0 Å². The monoisotopic (exact) mass is 874 g/mol. The first kappa shape index (κ1) is 42.9. The van der Waals surface area contributed by atoms with Gasteiger partial charge in [0.25, 0.3) is 16.0 Å². The number of carbonyl (C=O) groups excluding carboxylic acids is 1. The molecule has 2 aliphatic carbocycles. The number of amides is 1. The average molecular weight is 876 g/mol. The number of halogens is 1. The van der Waals surface area contributed by atoms with Crippen molar-refractivity contribution in [2.45, 2.75) is 74.2 Å². The van der Waals surface area contributed by atoms with E-state index in [1.165, 1.54) is 11.1 Å². The van der Waals surface area contributed by atoms with E-state index < -0.39 is 42.8 Å². The van der Waals surface area contributed by atoms with E-state index in [-0.39, 0.29) is 35.8 Å². The second-order valence-electron chi connectivity index (χ2n) is 17.8. The van der Waals surface area contributed by atoms with E-state index in [0.717, 1.165) is 76.8 Å². The molecule has 4 aliphatic heterocycles. The molecule has 7 atom stereocenters. The Labute approximate surface area is 354 Å². The molecule has 1 N–H and O–H groups in total. The molecule has 6 aliphatic rings. The Morgan fingerprint density at radius 1 is 1.08 bits per heavy atom. The Hall–Kier alpha value is -2.76. The lowest BCUT2D eigenvalue weighted by Gasteiger charge is -2.53. The maximum atomic E-state index is 14.2. The maximum absolute atomic E-state index is 14.2. The molecule has 2 bridgehead atoms. The van der Waals surface area contributed by atoms with Crippen molar-refractivity contribution in [3.05, 3.63) is 70.3 Å². The molecule has 324 valence electrons. The molecule has 3 fully saturated rings. The number of nitrogens with zero attached hydrogens (tertiary/aromatic N) is 3. The summed E-state index contributed by atoms with van der Waals surface area (Å²) in [4.78, 5) is 21.4. The van der Waals surface area contributed by atoms with Crippen LogP contribution < -0.4 is 14.4 Å². The van der Waals surface area contributed by atoms with Crippen LogP contribution in [0.3, 0.4) is 0 Å². The molecular weight excluding hydrogens is 816 g/mol. The van der Waals surface area contributed by atoms with Crippen molar-refractivity contribution in [3.63, 3.8) is 0 Å². The number of piperazine rings is 1. The molecule has 0 unspecified atom stereocenters. The third kappa shape index (κ3) is 9.09. The van der Waals surface area contributed by atoms with Gasteiger partial charge in [0.1, 0.15) is 11.4 Å². The van der Waals surface area contributed by atoms with Crippen LogP contribution in [0.4, 0.5) is 5.69 Å². The second kappa shape index (κ2) is 17.2. The number of carbonyl (C=O) groups is 1. The number of aryl methyl sites for hydroxylation is 1. The van der Waals surface area contributed by atoms with Crippen molar-refractivity contribution < 1.29 is 40.0 Å². The third-order valence-corrected chi connectivity index (χ3v) is 16.8. The van der Waals surface area contributed by atoms with Gasteiger partial charge in [-0.05, 0) is 104 Å². The van der Waals surface area contributed by atoms with Crippen LogP contribution >= 0.6 is 11.6 Å². The largest absolute Gasteiger partial charge is 0.490 e. The Kier molecular flexibility index (Phi) is 12.5. The quantitative estimate of drug-likeness (QED) is 0.306. The Balaban J connectivity index is 1.19. The smallest absolute Gasteiger partial charge is 0.264 e. The molecule has 8 rings (SSSR count). The molecule has 1 saturated carbocycles. The number of methoxy groups -OCH3 is 1. The van der Waals surface area contributed by atoms with Crippen molar-refractivity contribution in [2.24, 2.45) is 17.8 Å². The highest BCUT2D eigenvalue weighted by atomic mass is 35.5. The first-order valence-corrected chi connectivity index (χ1v) is 24.9. The van der Waals surface area contributed by atoms with E-state index in [9.17, 15) is 21.6 Å². The van der Waals surface area contributed by atoms with Crippen LogP contribution in [-0.4, -0.2) is 135 Å². The average Bonchev–Trinajstić information content (AvgIpc) is 3.33. The lowest BCUT2D eigenvalue weighted by molar-refractivity contribution is -0.108. The Morgan fingerprint density at radius 3 is 2.71 bits per heavy atom. The van der Waals surface area contributed by atoms with Gasteiger partial charge in [0.2, 0.25) is 10.0 Å². The van der Waals surface area contributed by atoms with Gasteiger partial charge in [-0.3, -0.25) is 18.8 Å². The van der Waals surface area contributed by atoms with Gasteiger partial charge in [0.05, 0.1) is 43.6 Å². The van der Waals surface area contributed by atoms with Crippen molar-refractivity contribution in [2.75, 3.05) is 90.5 Å². The fourth-order valence-corrected chi connectivity index (χ4v) is 13.1. The molecule has 59 heavy (non-hydrogen) atoms. The Morgan fingerprint density at radius 2 is 1.93 bits per heavy atom. The van der Waals surface area contributed by atoms with Crippen molar-refractivity contribution in [1.82, 2.24) is 14.5 Å². The second-order valence-corrected chi connectivity index (χ2v) is 21.8. The van der Waals surface area contributed by atoms with Crippen LogP contribution in [0.25, 0.3) is 0 Å². The van der Waals surface area contributed by atoms with Gasteiger partial charge >= 0.3 is 0 Å². The lowest BCUT2D eigenvalue weighted by Crippen LogP contribution is -2.62. The van der Waals surface area contributed by atoms with Crippen LogP contribution in [0.1, 0.15) is 66.9 Å². The summed E-state index contributed by atoms with van der Waals surface area (Å²) in [6.07, 6.45) is 10.2. The van der Waals surface area contributed by atoms with E-state index >= 15 is 0 Å². The van der Waals surface area contributed by atoms with Crippen molar-refractivity contribution in [3.8, 4) is 5.75 Å². The summed E-state index contributed by atoms with van der Waals surface area (Å²) in [5, 5.41) is -0.411. The molecule has 4 heterocycles. The predicted octanol–water partition coefficient (Wildman–Crippen LogP) is 4.63. The van der Waals surface area contributed by atoms with Gasteiger partial charge in [-0.15, -0.1) is 0 Å². The summed E-state index contributed by atoms with van der Waals surface area (Å²) < 4.78 is 78.9. The Bertz CT molecular complexity index is 2140. The molecular formula is C43H59ClN4O9S2. The minimum Gasteiger partial charge on any atom is -0.490 e. The number of ether oxygens (including phenoxy) is 3. The molecule has 0 radical (unpaired) electrons. The maximum Gasteiger partial charge on any atom is 0.264 e. The number of hydrogen-bond donors (Lipinski definition) is 1. The molecule has 13 nitrogen and oxygen atoms in total. The topological polar surface area (TPSA) is 144 Å². The first-order chi connectivity index (χ1) is 28.2. The zero-order chi connectivity index (χ0) is 41.6. The summed E-state index contributed by atoms with van der Waals surface area (Å²) in [6, 6.07) is 11.7. The SMILES string of the molecule is CO[C@@]1(CN2CCN3CCOC[C@@H]3C2)/C=C/C[C@H](C)[C@@H](CCOS(C)(=O)=O)S(=O)(=O)NC(=O)c2ccc3c(c2)N(C[C@@H]2CC[C@H]21)C[C@@]1(CCCc2cc(Cl)ccc21)CO3. The van der Waals surface area contributed by atoms with Gasteiger partial charge < -0.3 is 19.1 Å². The van der Waals surface area contributed by atoms with Gasteiger partial charge in [-0.1, -0.05) is 36.7 Å². The predicted molar refractivity (Wildman–Crippen MR) is 227 cm³/mol. The highest BCUT2D eigenvalue weighted by molar-refractivity contribution is 7.90. The third-order valence-electron chi connectivity index (χ3n) is 14.0. The highest BCUT2D eigenvalue weighted by Crippen LogP contribution is 2.49. The summed E-state index contributed by atoms with van der Waals surface area (Å²) in [5.74, 6) is -0.199. The van der Waals surface area contributed by atoms with E-state index in [4.69, 9.17) is 30.0 Å². The summed E-state index contributed by atoms with van der Waals surface area (Å²) in [7, 11) is -6.33. The molecule has 1 amide bonds. The van der Waals surface area contributed by atoms with Crippen LogP contribution in [0, 0.1) is 17.8 Å². The molecule has 2 aromatic rings. The lowest BCUT2D eigenvalue weighted by atomic mass is 9.63. The number of benzene rings is 2. The minimum absolute atomic E-state index is 0.126. The molecule has 2 aromatic carbocycles. The van der Waals surface area contributed by atoms with Gasteiger partial charge in [0.15, 0.2) is 0 Å². The number of fused-ring (bicyclic) bond motifs is 5. The van der Waals surface area contributed by atoms with E-state index in [2.05, 4.69) is 37.6 Å². The number of anilines is 1. The fraction of sp³-hybridized carbons (Fsp3) is 0.651. The van der Waals surface area contributed by atoms with Gasteiger partial charge in [-0.2, -0.15) is 8.42 Å². The number of hydrogen-bond acceptors (Lipinski definition) is 12. The molecule has 16 heteroatoms. The van der Waals surface area contributed by atoms with E-state index in [1.807, 2.05) is 19.1 Å². The van der Waals surface area contributed by atoms with E-state index in [1.54, 1.807) is 25.3 Å². The number of nitrogens with one attached hydrogen (secondary N) is 1. The minimum atomic E-state index is -4.31. The molecule has 0 aromatic heterocycles. The van der Waals surface area contributed by atoms with Crippen LogP contribution in [0.15, 0.2) is 48.6 Å². The number of sulfonamides is 1. The van der Waals surface area contributed by atoms with Crippen molar-refractivity contribution >= 4 is 43.3 Å². The summed E-state index contributed by atoms with van der Waals surface area (Å²) >= 11 is 6.52. The highest BCUT2D eigenvalue weighted by Gasteiger charge is 2.50. The first-order valence-electron chi connectivity index (χ1n) is 21.2. The standard InChI is InChI=1S/C43H59ClN4O9S2/c1-30-6-4-16-43(54-2,28-46-17-18-47-19-21-55-26-35(47)25-46)37-11-8-33(37)24-48-27-42(15-5-7-31-22-34(44)10-12-36(31)42)29-56-39-13-9-32(23-38(39)48)41(49)45-59(52,53)40(30)14-20-57-58(3,50)51/h4,9-10,12-13,16,22-23,30,33,35,37,40H,5-8,11,14-15,17-21,24-29H2,1-3H3,(H,45,49)/b16-4+/t30-,33-,35-,37+,40+,42-,43+/m0/s1. The van der Waals surface area contributed by atoms with Crippen LogP contribution in [0.5, 0.6) is 5.75 Å². The normalized spacial score (nSPS) is 33.3. The van der Waals surface area contributed by atoms with Crippen LogP contribution in [-0.2, 0) is 45.6 Å².